The highest BCUT2D eigenvalue weighted by molar-refractivity contribution is 8.00. The van der Waals surface area contributed by atoms with Gasteiger partial charge in [-0.1, -0.05) is 30.8 Å². The van der Waals surface area contributed by atoms with Crippen molar-refractivity contribution in [2.45, 2.75) is 50.6 Å². The number of benzene rings is 1. The number of nitrogens with one attached hydrogen (secondary N) is 1. The molecule has 2 heterocycles. The molecule has 1 fully saturated rings. The molecule has 3 rings (SSSR count). The van der Waals surface area contributed by atoms with E-state index in [1.54, 1.807) is 9.47 Å². The van der Waals surface area contributed by atoms with Crippen molar-refractivity contribution in [2.75, 3.05) is 32.7 Å². The summed E-state index contributed by atoms with van der Waals surface area (Å²) in [5.41, 5.74) is 0.664. The van der Waals surface area contributed by atoms with E-state index in [1.807, 2.05) is 43.0 Å². The van der Waals surface area contributed by atoms with E-state index in [2.05, 4.69) is 13.8 Å². The fourth-order valence-electron chi connectivity index (χ4n) is 3.64. The zero-order chi connectivity index (χ0) is 20.3. The lowest BCUT2D eigenvalue weighted by Crippen LogP contribution is -3.14. The fraction of sp³-hybridized carbons (Fsp3) is 0.571. The van der Waals surface area contributed by atoms with Gasteiger partial charge in [0.2, 0.25) is 5.91 Å². The Morgan fingerprint density at radius 1 is 1.21 bits per heavy atom. The Morgan fingerprint density at radius 3 is 2.54 bits per heavy atom. The summed E-state index contributed by atoms with van der Waals surface area (Å²) in [7, 11) is 0. The molecule has 1 aromatic carbocycles. The van der Waals surface area contributed by atoms with Crippen molar-refractivity contribution in [2.24, 2.45) is 0 Å². The summed E-state index contributed by atoms with van der Waals surface area (Å²) >= 11 is 1.41. The van der Waals surface area contributed by atoms with E-state index in [0.717, 1.165) is 39.1 Å². The Hall–Kier alpha value is -1.86. The number of hydrogen-bond acceptors (Lipinski definition) is 4. The lowest BCUT2D eigenvalue weighted by molar-refractivity contribution is -0.902. The molecule has 6 nitrogen and oxygen atoms in total. The quantitative estimate of drug-likeness (QED) is 0.588. The maximum Gasteiger partial charge on any atom is 0.262 e. The van der Waals surface area contributed by atoms with E-state index in [4.69, 9.17) is 4.98 Å². The van der Waals surface area contributed by atoms with Crippen LogP contribution in [-0.4, -0.2) is 58.3 Å². The van der Waals surface area contributed by atoms with Crippen LogP contribution in [0.4, 0.5) is 0 Å². The van der Waals surface area contributed by atoms with Crippen molar-refractivity contribution in [3.05, 3.63) is 34.6 Å². The van der Waals surface area contributed by atoms with Crippen LogP contribution in [0.15, 0.2) is 34.2 Å². The molecule has 152 valence electrons. The zero-order valence-corrected chi connectivity index (χ0v) is 18.1. The number of aromatic nitrogens is 2. The molecule has 1 N–H and O–H groups in total. The van der Waals surface area contributed by atoms with Crippen molar-refractivity contribution in [3.8, 4) is 0 Å². The highest BCUT2D eigenvalue weighted by Crippen LogP contribution is 2.26. The predicted octanol–water partition coefficient (Wildman–Crippen LogP) is 1.60. The van der Waals surface area contributed by atoms with Crippen LogP contribution in [0.3, 0.4) is 0 Å². The van der Waals surface area contributed by atoms with Gasteiger partial charge in [0.05, 0.1) is 48.9 Å². The molecule has 1 saturated heterocycles. The maximum absolute atomic E-state index is 13.1. The van der Waals surface area contributed by atoms with Crippen LogP contribution in [0.5, 0.6) is 0 Å². The third-order valence-corrected chi connectivity index (χ3v) is 6.77. The van der Waals surface area contributed by atoms with E-state index in [1.165, 1.54) is 11.8 Å². The van der Waals surface area contributed by atoms with Gasteiger partial charge in [0.15, 0.2) is 5.16 Å². The molecule has 7 heteroatoms. The third kappa shape index (κ3) is 4.25. The Labute approximate surface area is 170 Å². The topological polar surface area (TPSA) is 59.6 Å². The monoisotopic (exact) mass is 403 g/mol. The molecule has 1 aromatic heterocycles. The lowest BCUT2D eigenvalue weighted by Gasteiger charge is -2.33. The average Bonchev–Trinajstić information content (AvgIpc) is 2.73. The molecule has 1 amide bonds. The SMILES string of the molecule is CC[C@@H](C)n1c(S[C@@H](C)C(=O)N2CC[NH+](CC)CC2)nc2ccccc2c1=O. The first-order valence-corrected chi connectivity index (χ1v) is 11.1. The summed E-state index contributed by atoms with van der Waals surface area (Å²) in [6, 6.07) is 7.47. The smallest absolute Gasteiger partial charge is 0.262 e. The van der Waals surface area contributed by atoms with Gasteiger partial charge in [-0.2, -0.15) is 0 Å². The Bertz CT molecular complexity index is 890. The van der Waals surface area contributed by atoms with Crippen LogP contribution < -0.4 is 10.5 Å². The second-order valence-corrected chi connectivity index (χ2v) is 8.84. The third-order valence-electron chi connectivity index (χ3n) is 5.72. The molecule has 2 atom stereocenters. The van der Waals surface area contributed by atoms with Gasteiger partial charge in [0.25, 0.3) is 5.56 Å². The number of para-hydroxylation sites is 1. The maximum atomic E-state index is 13.1. The largest absolute Gasteiger partial charge is 0.332 e. The minimum absolute atomic E-state index is 0.0257. The molecule has 28 heavy (non-hydrogen) atoms. The summed E-state index contributed by atoms with van der Waals surface area (Å²) in [4.78, 5) is 34.3. The molecule has 0 saturated carbocycles. The van der Waals surface area contributed by atoms with Crippen LogP contribution in [0.25, 0.3) is 10.9 Å². The van der Waals surface area contributed by atoms with E-state index in [-0.39, 0.29) is 22.8 Å². The van der Waals surface area contributed by atoms with Crippen LogP contribution >= 0.6 is 11.8 Å². The first-order chi connectivity index (χ1) is 13.5. The van der Waals surface area contributed by atoms with Gasteiger partial charge in [-0.3, -0.25) is 14.2 Å². The molecule has 2 aromatic rings. The number of rotatable bonds is 6. The van der Waals surface area contributed by atoms with Crippen LogP contribution in [0.1, 0.15) is 40.2 Å². The first-order valence-electron chi connectivity index (χ1n) is 10.3. The molecule has 0 radical (unpaired) electrons. The minimum atomic E-state index is -0.272. The van der Waals surface area contributed by atoms with Crippen molar-refractivity contribution in [3.63, 3.8) is 0 Å². The van der Waals surface area contributed by atoms with Gasteiger partial charge in [-0.05, 0) is 39.3 Å². The van der Waals surface area contributed by atoms with Gasteiger partial charge < -0.3 is 9.80 Å². The lowest BCUT2D eigenvalue weighted by atomic mass is 10.2. The number of likely N-dealkylation sites (N-methyl/N-ethyl adjacent to an activating group) is 1. The second kappa shape index (κ2) is 9.09. The van der Waals surface area contributed by atoms with Gasteiger partial charge in [-0.15, -0.1) is 0 Å². The fourth-order valence-corrected chi connectivity index (χ4v) is 4.74. The average molecular weight is 404 g/mol. The van der Waals surface area contributed by atoms with E-state index in [9.17, 15) is 9.59 Å². The van der Waals surface area contributed by atoms with Gasteiger partial charge in [0.1, 0.15) is 0 Å². The second-order valence-electron chi connectivity index (χ2n) is 7.53. The Morgan fingerprint density at radius 2 is 1.89 bits per heavy atom. The van der Waals surface area contributed by atoms with Crippen molar-refractivity contribution in [1.82, 2.24) is 14.5 Å². The number of carbonyl (C=O) groups excluding carboxylic acids is 1. The van der Waals surface area contributed by atoms with Crippen LogP contribution in [0, 0.1) is 0 Å². The number of carbonyl (C=O) groups is 1. The zero-order valence-electron chi connectivity index (χ0n) is 17.3. The number of hydrogen-bond donors (Lipinski definition) is 1. The number of amides is 1. The Kier molecular flexibility index (Phi) is 6.78. The number of fused-ring (bicyclic) bond motifs is 1. The van der Waals surface area contributed by atoms with Gasteiger partial charge in [0, 0.05) is 6.04 Å². The Balaban J connectivity index is 1.86. The first kappa shape index (κ1) is 20.9. The molecule has 0 spiro atoms. The minimum Gasteiger partial charge on any atom is -0.332 e. The molecular weight excluding hydrogens is 372 g/mol. The van der Waals surface area contributed by atoms with E-state index < -0.39 is 0 Å². The number of thioether (sulfide) groups is 1. The number of nitrogens with zero attached hydrogens (tertiary/aromatic N) is 3. The summed E-state index contributed by atoms with van der Waals surface area (Å²) in [6.45, 7) is 12.9. The molecular formula is C21H31N4O2S+. The van der Waals surface area contributed by atoms with Gasteiger partial charge in [-0.25, -0.2) is 4.98 Å². The molecule has 0 unspecified atom stereocenters. The summed E-state index contributed by atoms with van der Waals surface area (Å²) in [5, 5.41) is 0.994. The summed E-state index contributed by atoms with van der Waals surface area (Å²) < 4.78 is 1.76. The molecule has 0 bridgehead atoms. The van der Waals surface area contributed by atoms with Crippen molar-refractivity contribution >= 4 is 28.6 Å². The summed E-state index contributed by atoms with van der Waals surface area (Å²) in [6.07, 6.45) is 0.831. The van der Waals surface area contributed by atoms with Crippen LogP contribution in [-0.2, 0) is 4.79 Å². The highest BCUT2D eigenvalue weighted by atomic mass is 32.2. The molecule has 1 aliphatic rings. The predicted molar refractivity (Wildman–Crippen MR) is 114 cm³/mol. The van der Waals surface area contributed by atoms with Crippen LogP contribution in [0.2, 0.25) is 0 Å². The standard InChI is InChI=1S/C21H30N4O2S/c1-5-15(3)25-20(27)17-9-7-8-10-18(17)22-21(25)28-16(4)19(26)24-13-11-23(6-2)12-14-24/h7-10,15-16H,5-6,11-14H2,1-4H3/p+1/t15-,16+/m1/s1. The molecule has 0 aliphatic carbocycles. The normalized spacial score (nSPS) is 17.6. The van der Waals surface area contributed by atoms with E-state index in [0.29, 0.717) is 16.1 Å². The number of piperazine rings is 1. The van der Waals surface area contributed by atoms with Gasteiger partial charge >= 0.3 is 0 Å². The molecule has 1 aliphatic heterocycles. The van der Waals surface area contributed by atoms with E-state index >= 15 is 0 Å². The summed E-state index contributed by atoms with van der Waals surface area (Å²) in [5.74, 6) is 0.137. The number of quaternary nitrogens is 1. The van der Waals surface area contributed by atoms with Crippen molar-refractivity contribution < 1.29 is 9.69 Å². The van der Waals surface area contributed by atoms with Crippen molar-refractivity contribution in [1.29, 1.82) is 0 Å². The highest BCUT2D eigenvalue weighted by Gasteiger charge is 2.28.